The Labute approximate surface area is 155 Å². The van der Waals surface area contributed by atoms with Gasteiger partial charge in [-0.05, 0) is 31.0 Å². The second-order valence-corrected chi connectivity index (χ2v) is 7.12. The SMILES string of the molecule is CC(Sc1n[nH]c(=O)n1CCc1ccccc1)C(=O)Nc1ccccc1. The molecule has 0 spiro atoms. The van der Waals surface area contributed by atoms with E-state index in [-0.39, 0.29) is 16.8 Å². The molecule has 1 atom stereocenters. The van der Waals surface area contributed by atoms with Crippen molar-refractivity contribution >= 4 is 23.4 Å². The number of para-hydroxylation sites is 1. The lowest BCUT2D eigenvalue weighted by Gasteiger charge is -2.12. The first-order valence-corrected chi connectivity index (χ1v) is 9.23. The summed E-state index contributed by atoms with van der Waals surface area (Å²) in [5, 5.41) is 9.53. The summed E-state index contributed by atoms with van der Waals surface area (Å²) in [5.74, 6) is -0.133. The van der Waals surface area contributed by atoms with Crippen molar-refractivity contribution in [3.63, 3.8) is 0 Å². The molecular weight excluding hydrogens is 348 g/mol. The Morgan fingerprint density at radius 2 is 1.81 bits per heavy atom. The number of rotatable bonds is 7. The number of nitrogens with one attached hydrogen (secondary N) is 2. The number of aromatic nitrogens is 3. The number of anilines is 1. The summed E-state index contributed by atoms with van der Waals surface area (Å²) in [6.45, 7) is 2.30. The van der Waals surface area contributed by atoms with Gasteiger partial charge in [0.05, 0.1) is 5.25 Å². The number of amides is 1. The van der Waals surface area contributed by atoms with Crippen molar-refractivity contribution in [2.75, 3.05) is 5.32 Å². The normalized spacial score (nSPS) is 11.9. The van der Waals surface area contributed by atoms with Crippen molar-refractivity contribution in [2.24, 2.45) is 0 Å². The molecule has 0 radical (unpaired) electrons. The third-order valence-corrected chi connectivity index (χ3v) is 4.97. The van der Waals surface area contributed by atoms with Crippen molar-refractivity contribution in [1.82, 2.24) is 14.8 Å². The van der Waals surface area contributed by atoms with E-state index in [0.29, 0.717) is 11.7 Å². The standard InChI is InChI=1S/C19H20N4O2S/c1-14(17(24)20-16-10-6-3-7-11-16)26-19-22-21-18(25)23(19)13-12-15-8-4-2-5-9-15/h2-11,14H,12-13H2,1H3,(H,20,24)(H,21,25). The Hall–Kier alpha value is -2.80. The van der Waals surface area contributed by atoms with Crippen LogP contribution in [0.4, 0.5) is 5.69 Å². The second-order valence-electron chi connectivity index (χ2n) is 5.81. The topological polar surface area (TPSA) is 79.8 Å². The first-order valence-electron chi connectivity index (χ1n) is 8.35. The Morgan fingerprint density at radius 1 is 1.15 bits per heavy atom. The van der Waals surface area contributed by atoms with Crippen LogP contribution in [-0.2, 0) is 17.8 Å². The van der Waals surface area contributed by atoms with Gasteiger partial charge in [0.2, 0.25) is 5.91 Å². The maximum atomic E-state index is 12.4. The quantitative estimate of drug-likeness (QED) is 0.629. The Morgan fingerprint density at radius 3 is 2.50 bits per heavy atom. The lowest BCUT2D eigenvalue weighted by atomic mass is 10.1. The largest absolute Gasteiger partial charge is 0.343 e. The highest BCUT2D eigenvalue weighted by molar-refractivity contribution is 8.00. The van der Waals surface area contributed by atoms with Crippen LogP contribution >= 0.6 is 11.8 Å². The van der Waals surface area contributed by atoms with Crippen LogP contribution < -0.4 is 11.0 Å². The molecule has 26 heavy (non-hydrogen) atoms. The summed E-state index contributed by atoms with van der Waals surface area (Å²) in [5.41, 5.74) is 1.62. The van der Waals surface area contributed by atoms with Gasteiger partial charge in [0, 0.05) is 12.2 Å². The van der Waals surface area contributed by atoms with Gasteiger partial charge < -0.3 is 5.32 Å². The molecule has 1 amide bonds. The number of carbonyl (C=O) groups excluding carboxylic acids is 1. The smallest absolute Gasteiger partial charge is 0.325 e. The van der Waals surface area contributed by atoms with Crippen LogP contribution in [0, 0.1) is 0 Å². The van der Waals surface area contributed by atoms with Crippen LogP contribution in [0.15, 0.2) is 70.6 Å². The molecule has 0 saturated carbocycles. The summed E-state index contributed by atoms with van der Waals surface area (Å²) in [6.07, 6.45) is 0.721. The van der Waals surface area contributed by atoms with E-state index in [9.17, 15) is 9.59 Å². The molecule has 2 aromatic carbocycles. The van der Waals surface area contributed by atoms with Crippen molar-refractivity contribution in [2.45, 2.75) is 30.3 Å². The predicted molar refractivity (Wildman–Crippen MR) is 103 cm³/mol. The van der Waals surface area contributed by atoms with E-state index in [1.54, 1.807) is 11.5 Å². The fourth-order valence-corrected chi connectivity index (χ4v) is 3.33. The van der Waals surface area contributed by atoms with Gasteiger partial charge in [-0.2, -0.15) is 0 Å². The molecule has 1 aromatic heterocycles. The van der Waals surface area contributed by atoms with E-state index in [1.165, 1.54) is 11.8 Å². The highest BCUT2D eigenvalue weighted by Gasteiger charge is 2.19. The molecule has 0 saturated heterocycles. The van der Waals surface area contributed by atoms with Crippen LogP contribution in [0.3, 0.4) is 0 Å². The molecule has 3 aromatic rings. The van der Waals surface area contributed by atoms with Gasteiger partial charge in [0.15, 0.2) is 5.16 Å². The summed E-state index contributed by atoms with van der Waals surface area (Å²) < 4.78 is 1.57. The summed E-state index contributed by atoms with van der Waals surface area (Å²) in [7, 11) is 0. The lowest BCUT2D eigenvalue weighted by Crippen LogP contribution is -2.24. The number of H-pyrrole nitrogens is 1. The fraction of sp³-hybridized carbons (Fsp3) is 0.211. The number of aryl methyl sites for hydroxylation is 1. The third kappa shape index (κ3) is 4.64. The van der Waals surface area contributed by atoms with E-state index in [2.05, 4.69) is 15.5 Å². The first-order chi connectivity index (χ1) is 12.6. The maximum absolute atomic E-state index is 12.4. The Bertz CT molecular complexity index is 906. The van der Waals surface area contributed by atoms with Crippen LogP contribution in [0.25, 0.3) is 0 Å². The Kier molecular flexibility index (Phi) is 5.91. The van der Waals surface area contributed by atoms with Crippen LogP contribution in [-0.4, -0.2) is 25.9 Å². The van der Waals surface area contributed by atoms with Crippen molar-refractivity contribution in [1.29, 1.82) is 0 Å². The molecule has 6 nitrogen and oxygen atoms in total. The number of aromatic amines is 1. The molecule has 3 rings (SSSR count). The number of hydrogen-bond donors (Lipinski definition) is 2. The van der Waals surface area contributed by atoms with Crippen LogP contribution in [0.5, 0.6) is 0 Å². The second kappa shape index (κ2) is 8.53. The highest BCUT2D eigenvalue weighted by Crippen LogP contribution is 2.21. The molecule has 0 aliphatic heterocycles. The van der Waals surface area contributed by atoms with E-state index in [0.717, 1.165) is 17.7 Å². The summed E-state index contributed by atoms with van der Waals surface area (Å²) in [6, 6.07) is 19.2. The molecule has 0 aliphatic carbocycles. The number of nitrogens with zero attached hydrogens (tertiary/aromatic N) is 2. The van der Waals surface area contributed by atoms with Gasteiger partial charge in [-0.25, -0.2) is 9.89 Å². The van der Waals surface area contributed by atoms with E-state index < -0.39 is 0 Å². The molecular formula is C19H20N4O2S. The van der Waals surface area contributed by atoms with E-state index in [4.69, 9.17) is 0 Å². The fourth-order valence-electron chi connectivity index (χ4n) is 2.45. The molecule has 2 N–H and O–H groups in total. The molecule has 1 heterocycles. The molecule has 0 fully saturated rings. The monoisotopic (exact) mass is 368 g/mol. The zero-order valence-electron chi connectivity index (χ0n) is 14.4. The number of carbonyl (C=O) groups is 1. The minimum atomic E-state index is -0.388. The zero-order valence-corrected chi connectivity index (χ0v) is 15.2. The van der Waals surface area contributed by atoms with Gasteiger partial charge in [-0.3, -0.25) is 9.36 Å². The van der Waals surface area contributed by atoms with E-state index in [1.807, 2.05) is 60.7 Å². The van der Waals surface area contributed by atoms with Gasteiger partial charge in [0.1, 0.15) is 0 Å². The maximum Gasteiger partial charge on any atom is 0.343 e. The average molecular weight is 368 g/mol. The van der Waals surface area contributed by atoms with Crippen LogP contribution in [0.2, 0.25) is 0 Å². The number of hydrogen-bond acceptors (Lipinski definition) is 4. The molecule has 7 heteroatoms. The van der Waals surface area contributed by atoms with Gasteiger partial charge >= 0.3 is 5.69 Å². The first kappa shape index (κ1) is 18.0. The third-order valence-electron chi connectivity index (χ3n) is 3.88. The molecule has 134 valence electrons. The highest BCUT2D eigenvalue weighted by atomic mass is 32.2. The van der Waals surface area contributed by atoms with E-state index >= 15 is 0 Å². The minimum absolute atomic E-state index is 0.133. The van der Waals surface area contributed by atoms with Gasteiger partial charge in [-0.1, -0.05) is 60.3 Å². The zero-order chi connectivity index (χ0) is 18.4. The van der Waals surface area contributed by atoms with Crippen LogP contribution in [0.1, 0.15) is 12.5 Å². The molecule has 1 unspecified atom stereocenters. The van der Waals surface area contributed by atoms with Crippen molar-refractivity contribution < 1.29 is 4.79 Å². The summed E-state index contributed by atoms with van der Waals surface area (Å²) in [4.78, 5) is 24.4. The molecule has 0 bridgehead atoms. The van der Waals surface area contributed by atoms with Gasteiger partial charge in [0.25, 0.3) is 0 Å². The molecule has 0 aliphatic rings. The Balaban J connectivity index is 1.64. The summed E-state index contributed by atoms with van der Waals surface area (Å²) >= 11 is 1.26. The van der Waals surface area contributed by atoms with Crippen molar-refractivity contribution in [3.05, 3.63) is 76.7 Å². The predicted octanol–water partition coefficient (Wildman–Crippen LogP) is 2.93. The number of thioether (sulfide) groups is 1. The van der Waals surface area contributed by atoms with Gasteiger partial charge in [-0.15, -0.1) is 5.10 Å². The number of benzene rings is 2. The van der Waals surface area contributed by atoms with Crippen molar-refractivity contribution in [3.8, 4) is 0 Å². The lowest BCUT2D eigenvalue weighted by molar-refractivity contribution is -0.115. The average Bonchev–Trinajstić information content (AvgIpc) is 3.01. The minimum Gasteiger partial charge on any atom is -0.325 e.